The van der Waals surface area contributed by atoms with Crippen LogP contribution in [-0.4, -0.2) is 17.6 Å². The van der Waals surface area contributed by atoms with E-state index < -0.39 is 5.97 Å². The first kappa shape index (κ1) is 10.7. The van der Waals surface area contributed by atoms with E-state index in [1.807, 2.05) is 32.0 Å². The lowest BCUT2D eigenvalue weighted by atomic mass is 10.0. The van der Waals surface area contributed by atoms with Crippen molar-refractivity contribution in [2.75, 3.05) is 6.54 Å². The molecule has 0 saturated heterocycles. The Hall–Kier alpha value is -1.35. The molecule has 0 spiro atoms. The molecular weight excluding hydrogens is 178 g/mol. The number of aryl methyl sites for hydroxylation is 2. The van der Waals surface area contributed by atoms with Crippen LogP contribution in [0.3, 0.4) is 0 Å². The van der Waals surface area contributed by atoms with E-state index in [1.54, 1.807) is 0 Å². The van der Waals surface area contributed by atoms with Gasteiger partial charge in [-0.15, -0.1) is 0 Å². The Bertz CT molecular complexity index is 314. The topological polar surface area (TPSA) is 49.3 Å². The van der Waals surface area contributed by atoms with E-state index in [4.69, 9.17) is 5.11 Å². The van der Waals surface area contributed by atoms with Gasteiger partial charge >= 0.3 is 5.97 Å². The van der Waals surface area contributed by atoms with E-state index in [2.05, 4.69) is 5.32 Å². The lowest BCUT2D eigenvalue weighted by Crippen LogP contribution is -2.22. The van der Waals surface area contributed by atoms with Crippen LogP contribution < -0.4 is 5.32 Å². The van der Waals surface area contributed by atoms with Gasteiger partial charge in [0, 0.05) is 6.54 Å². The van der Waals surface area contributed by atoms with E-state index in [1.165, 1.54) is 16.7 Å². The summed E-state index contributed by atoms with van der Waals surface area (Å²) in [7, 11) is 0. The predicted octanol–water partition coefficient (Wildman–Crippen LogP) is 1.48. The minimum Gasteiger partial charge on any atom is -0.480 e. The van der Waals surface area contributed by atoms with Crippen LogP contribution >= 0.6 is 0 Å². The highest BCUT2D eigenvalue weighted by Gasteiger charge is 2.02. The van der Waals surface area contributed by atoms with E-state index in [9.17, 15) is 4.79 Å². The van der Waals surface area contributed by atoms with Gasteiger partial charge in [0.15, 0.2) is 0 Å². The van der Waals surface area contributed by atoms with Crippen LogP contribution in [0.2, 0.25) is 0 Å². The standard InChI is InChI=1S/C11H15NO2/c1-8-4-3-5-9(2)10(8)6-12-7-11(13)14/h3-5,12H,6-7H2,1-2H3,(H,13,14). The molecule has 2 N–H and O–H groups in total. The quantitative estimate of drug-likeness (QED) is 0.761. The molecule has 0 aromatic heterocycles. The van der Waals surface area contributed by atoms with Gasteiger partial charge < -0.3 is 10.4 Å². The molecule has 0 saturated carbocycles. The Morgan fingerprint density at radius 2 is 1.93 bits per heavy atom. The third-order valence-electron chi connectivity index (χ3n) is 2.22. The molecule has 0 amide bonds. The number of hydrogen-bond donors (Lipinski definition) is 2. The molecule has 0 aliphatic carbocycles. The van der Waals surface area contributed by atoms with Crippen molar-refractivity contribution in [3.63, 3.8) is 0 Å². The molecule has 0 radical (unpaired) electrons. The normalized spacial score (nSPS) is 10.1. The molecule has 14 heavy (non-hydrogen) atoms. The first-order valence-corrected chi connectivity index (χ1v) is 4.59. The number of carbonyl (C=O) groups is 1. The molecular formula is C11H15NO2. The van der Waals surface area contributed by atoms with Gasteiger partial charge in [0.1, 0.15) is 0 Å². The summed E-state index contributed by atoms with van der Waals surface area (Å²) >= 11 is 0. The molecule has 76 valence electrons. The van der Waals surface area contributed by atoms with Gasteiger partial charge in [0.2, 0.25) is 0 Å². The van der Waals surface area contributed by atoms with Crippen LogP contribution in [0.1, 0.15) is 16.7 Å². The van der Waals surface area contributed by atoms with Crippen molar-refractivity contribution in [2.45, 2.75) is 20.4 Å². The van der Waals surface area contributed by atoms with Gasteiger partial charge in [0.05, 0.1) is 6.54 Å². The maximum absolute atomic E-state index is 10.3. The minimum atomic E-state index is -0.823. The highest BCUT2D eigenvalue weighted by Crippen LogP contribution is 2.12. The Morgan fingerprint density at radius 3 is 2.43 bits per heavy atom. The van der Waals surface area contributed by atoms with Crippen molar-refractivity contribution in [3.8, 4) is 0 Å². The first-order valence-electron chi connectivity index (χ1n) is 4.59. The Morgan fingerprint density at radius 1 is 1.36 bits per heavy atom. The van der Waals surface area contributed by atoms with Gasteiger partial charge in [-0.1, -0.05) is 18.2 Å². The molecule has 0 heterocycles. The maximum atomic E-state index is 10.3. The molecule has 1 rings (SSSR count). The second-order valence-electron chi connectivity index (χ2n) is 3.37. The monoisotopic (exact) mass is 193 g/mol. The van der Waals surface area contributed by atoms with Crippen molar-refractivity contribution in [1.82, 2.24) is 5.32 Å². The van der Waals surface area contributed by atoms with Crippen LogP contribution in [0.4, 0.5) is 0 Å². The lowest BCUT2D eigenvalue weighted by Gasteiger charge is -2.09. The molecule has 1 aromatic carbocycles. The number of carboxylic acid groups (broad SMARTS) is 1. The molecule has 0 aliphatic rings. The van der Waals surface area contributed by atoms with E-state index in [0.29, 0.717) is 6.54 Å². The van der Waals surface area contributed by atoms with Gasteiger partial charge in [-0.2, -0.15) is 0 Å². The maximum Gasteiger partial charge on any atom is 0.317 e. The van der Waals surface area contributed by atoms with E-state index >= 15 is 0 Å². The summed E-state index contributed by atoms with van der Waals surface area (Å²) in [6.45, 7) is 4.69. The number of nitrogens with one attached hydrogen (secondary N) is 1. The van der Waals surface area contributed by atoms with E-state index in [-0.39, 0.29) is 6.54 Å². The zero-order valence-corrected chi connectivity index (χ0v) is 8.50. The Kier molecular flexibility index (Phi) is 3.65. The number of carboxylic acids is 1. The van der Waals surface area contributed by atoms with Gasteiger partial charge in [0.25, 0.3) is 0 Å². The number of aliphatic carboxylic acids is 1. The van der Waals surface area contributed by atoms with Crippen LogP contribution in [-0.2, 0) is 11.3 Å². The second-order valence-corrected chi connectivity index (χ2v) is 3.37. The average Bonchev–Trinajstić information content (AvgIpc) is 2.09. The average molecular weight is 193 g/mol. The van der Waals surface area contributed by atoms with Gasteiger partial charge in [-0.25, -0.2) is 0 Å². The smallest absolute Gasteiger partial charge is 0.317 e. The third-order valence-corrected chi connectivity index (χ3v) is 2.22. The SMILES string of the molecule is Cc1cccc(C)c1CNCC(=O)O. The van der Waals surface area contributed by atoms with Crippen molar-refractivity contribution >= 4 is 5.97 Å². The fourth-order valence-corrected chi connectivity index (χ4v) is 1.42. The number of benzene rings is 1. The zero-order chi connectivity index (χ0) is 10.6. The first-order chi connectivity index (χ1) is 6.61. The van der Waals surface area contributed by atoms with Crippen molar-refractivity contribution in [3.05, 3.63) is 34.9 Å². The molecule has 3 heteroatoms. The van der Waals surface area contributed by atoms with Crippen LogP contribution in [0.25, 0.3) is 0 Å². The van der Waals surface area contributed by atoms with Crippen molar-refractivity contribution in [2.24, 2.45) is 0 Å². The van der Waals surface area contributed by atoms with Crippen LogP contribution in [0.15, 0.2) is 18.2 Å². The highest BCUT2D eigenvalue weighted by atomic mass is 16.4. The fraction of sp³-hybridized carbons (Fsp3) is 0.364. The summed E-state index contributed by atoms with van der Waals surface area (Å²) in [4.78, 5) is 10.3. The molecule has 0 bridgehead atoms. The molecule has 0 unspecified atom stereocenters. The largest absolute Gasteiger partial charge is 0.480 e. The Balaban J connectivity index is 2.62. The highest BCUT2D eigenvalue weighted by molar-refractivity contribution is 5.69. The summed E-state index contributed by atoms with van der Waals surface area (Å²) in [6.07, 6.45) is 0. The molecule has 0 aliphatic heterocycles. The van der Waals surface area contributed by atoms with E-state index in [0.717, 1.165) is 0 Å². The predicted molar refractivity (Wildman–Crippen MR) is 55.3 cm³/mol. The minimum absolute atomic E-state index is 0.00771. The van der Waals surface area contributed by atoms with Crippen LogP contribution in [0, 0.1) is 13.8 Å². The lowest BCUT2D eigenvalue weighted by molar-refractivity contribution is -0.135. The zero-order valence-electron chi connectivity index (χ0n) is 8.50. The fourth-order valence-electron chi connectivity index (χ4n) is 1.42. The second kappa shape index (κ2) is 4.77. The van der Waals surface area contributed by atoms with Crippen LogP contribution in [0.5, 0.6) is 0 Å². The molecule has 0 fully saturated rings. The number of hydrogen-bond acceptors (Lipinski definition) is 2. The van der Waals surface area contributed by atoms with Crippen molar-refractivity contribution in [1.29, 1.82) is 0 Å². The summed E-state index contributed by atoms with van der Waals surface area (Å²) < 4.78 is 0. The third kappa shape index (κ3) is 2.85. The summed E-state index contributed by atoms with van der Waals surface area (Å²) in [5.74, 6) is -0.823. The van der Waals surface area contributed by atoms with Gasteiger partial charge in [-0.3, -0.25) is 4.79 Å². The summed E-state index contributed by atoms with van der Waals surface area (Å²) in [5.41, 5.74) is 3.58. The molecule has 0 atom stereocenters. The summed E-state index contributed by atoms with van der Waals surface area (Å²) in [6, 6.07) is 6.07. The van der Waals surface area contributed by atoms with Crippen molar-refractivity contribution < 1.29 is 9.90 Å². The molecule has 3 nitrogen and oxygen atoms in total. The molecule has 1 aromatic rings. The number of rotatable bonds is 4. The van der Waals surface area contributed by atoms with Gasteiger partial charge in [-0.05, 0) is 30.5 Å². The Labute approximate surface area is 83.8 Å². The summed E-state index contributed by atoms with van der Waals surface area (Å²) in [5, 5.41) is 11.4.